The van der Waals surface area contributed by atoms with Gasteiger partial charge in [0.15, 0.2) is 0 Å². The van der Waals surface area contributed by atoms with Crippen LogP contribution in [0.5, 0.6) is 0 Å². The smallest absolute Gasteiger partial charge is 0.148 e. The van der Waals surface area contributed by atoms with Gasteiger partial charge < -0.3 is 4.74 Å². The van der Waals surface area contributed by atoms with E-state index in [-0.39, 0.29) is 6.42 Å². The van der Waals surface area contributed by atoms with Crippen LogP contribution in [0.2, 0.25) is 0 Å². The molecule has 1 heterocycles. The molecular weight excluding hydrogens is 192 g/mol. The van der Waals surface area contributed by atoms with Crippen LogP contribution in [-0.2, 0) is 4.74 Å². The Hall–Kier alpha value is -2.08. The fraction of sp³-hybridized carbons (Fsp3) is 0.600. The van der Waals surface area contributed by atoms with E-state index in [0.29, 0.717) is 26.1 Å². The van der Waals surface area contributed by atoms with E-state index in [1.807, 2.05) is 12.1 Å². The number of hydrogen-bond donors (Lipinski definition) is 0. The normalized spacial score (nSPS) is 16.5. The fourth-order valence-corrected chi connectivity index (χ4v) is 1.00. The average Bonchev–Trinajstić information content (AvgIpc) is 2.32. The fourth-order valence-electron chi connectivity index (χ4n) is 1.00. The summed E-state index contributed by atoms with van der Waals surface area (Å²) in [7, 11) is 0. The van der Waals surface area contributed by atoms with Crippen LogP contribution < -0.4 is 0 Å². The third kappa shape index (κ3) is 4.63. The van der Waals surface area contributed by atoms with Crippen LogP contribution in [0.4, 0.5) is 0 Å². The predicted octanol–water partition coefficient (Wildman–Crippen LogP) is 1.25. The molecule has 15 heavy (non-hydrogen) atoms. The average molecular weight is 202 g/mol. The zero-order chi connectivity index (χ0) is 11.6. The first kappa shape index (κ1) is 12.9. The number of nitriles is 4. The molecule has 76 valence electrons. The standard InChI is InChI=1S/C7H8N2O.C3H2N2/c8-5-7(6-9)1-3-10-4-2-7;4-2-1-3-5/h1-4H2;1H2. The summed E-state index contributed by atoms with van der Waals surface area (Å²) in [6.45, 7) is 1.09. The number of rotatable bonds is 0. The molecule has 0 aliphatic carbocycles. The van der Waals surface area contributed by atoms with Crippen molar-refractivity contribution in [1.29, 1.82) is 21.0 Å². The van der Waals surface area contributed by atoms with Gasteiger partial charge in [-0.15, -0.1) is 0 Å². The van der Waals surface area contributed by atoms with Gasteiger partial charge in [0.1, 0.15) is 11.8 Å². The van der Waals surface area contributed by atoms with Crippen molar-refractivity contribution in [3.8, 4) is 24.3 Å². The minimum absolute atomic E-state index is 0. The van der Waals surface area contributed by atoms with Crippen molar-refractivity contribution in [1.82, 2.24) is 0 Å². The van der Waals surface area contributed by atoms with E-state index in [1.165, 1.54) is 0 Å². The molecule has 1 aliphatic heterocycles. The Morgan fingerprint density at radius 3 is 1.60 bits per heavy atom. The second-order valence-corrected chi connectivity index (χ2v) is 2.91. The van der Waals surface area contributed by atoms with E-state index in [0.717, 1.165) is 0 Å². The molecule has 0 unspecified atom stereocenters. The van der Waals surface area contributed by atoms with Gasteiger partial charge in [0.05, 0.1) is 24.3 Å². The molecular formula is C10H10N4O. The summed E-state index contributed by atoms with van der Waals surface area (Å²) in [4.78, 5) is 0. The van der Waals surface area contributed by atoms with Crippen LogP contribution in [0.1, 0.15) is 19.3 Å². The van der Waals surface area contributed by atoms with E-state index in [1.54, 1.807) is 12.1 Å². The Labute approximate surface area is 88.7 Å². The van der Waals surface area contributed by atoms with Crippen molar-refractivity contribution < 1.29 is 4.74 Å². The van der Waals surface area contributed by atoms with Crippen molar-refractivity contribution in [2.45, 2.75) is 19.3 Å². The summed E-state index contributed by atoms with van der Waals surface area (Å²) in [6.07, 6.45) is 1.11. The molecule has 5 heteroatoms. The highest BCUT2D eigenvalue weighted by Crippen LogP contribution is 2.27. The molecule has 5 nitrogen and oxygen atoms in total. The van der Waals surface area contributed by atoms with Gasteiger partial charge in [-0.2, -0.15) is 21.0 Å². The van der Waals surface area contributed by atoms with Crippen LogP contribution in [0.15, 0.2) is 0 Å². The van der Waals surface area contributed by atoms with E-state index >= 15 is 0 Å². The molecule has 0 bridgehead atoms. The first-order valence-corrected chi connectivity index (χ1v) is 4.39. The molecule has 0 atom stereocenters. The highest BCUT2D eigenvalue weighted by Gasteiger charge is 2.32. The van der Waals surface area contributed by atoms with E-state index in [9.17, 15) is 0 Å². The predicted molar refractivity (Wildman–Crippen MR) is 49.6 cm³/mol. The summed E-state index contributed by atoms with van der Waals surface area (Å²) >= 11 is 0. The van der Waals surface area contributed by atoms with Gasteiger partial charge in [0, 0.05) is 26.1 Å². The molecule has 0 spiro atoms. The third-order valence-electron chi connectivity index (χ3n) is 1.93. The maximum Gasteiger partial charge on any atom is 0.148 e. The Kier molecular flexibility index (Phi) is 6.32. The second-order valence-electron chi connectivity index (χ2n) is 2.91. The maximum atomic E-state index is 8.61. The lowest BCUT2D eigenvalue weighted by molar-refractivity contribution is 0.0605. The van der Waals surface area contributed by atoms with Crippen LogP contribution in [-0.4, -0.2) is 13.2 Å². The van der Waals surface area contributed by atoms with E-state index in [2.05, 4.69) is 0 Å². The molecule has 0 radical (unpaired) electrons. The molecule has 0 amide bonds. The molecule has 1 rings (SSSR count). The Bertz CT molecular complexity index is 316. The molecule has 0 aromatic carbocycles. The number of nitrogens with zero attached hydrogens (tertiary/aromatic N) is 4. The quantitative estimate of drug-likeness (QED) is 0.587. The van der Waals surface area contributed by atoms with Crippen LogP contribution in [0, 0.1) is 50.7 Å². The molecule has 0 aromatic rings. The minimum atomic E-state index is -0.752. The number of ether oxygens (including phenoxy) is 1. The zero-order valence-electron chi connectivity index (χ0n) is 8.23. The third-order valence-corrected chi connectivity index (χ3v) is 1.93. The molecule has 1 aliphatic rings. The lowest BCUT2D eigenvalue weighted by atomic mass is 9.84. The van der Waals surface area contributed by atoms with Crippen molar-refractivity contribution in [3.63, 3.8) is 0 Å². The van der Waals surface area contributed by atoms with Crippen LogP contribution in [0.25, 0.3) is 0 Å². The first-order chi connectivity index (χ1) is 7.24. The summed E-state index contributed by atoms with van der Waals surface area (Å²) in [5.74, 6) is 0. The molecule has 0 aromatic heterocycles. The Morgan fingerprint density at radius 1 is 0.933 bits per heavy atom. The lowest BCUT2D eigenvalue weighted by Crippen LogP contribution is -2.26. The van der Waals surface area contributed by atoms with Gasteiger partial charge in [-0.25, -0.2) is 0 Å². The maximum absolute atomic E-state index is 8.61. The topological polar surface area (TPSA) is 104 Å². The van der Waals surface area contributed by atoms with Crippen LogP contribution in [0.3, 0.4) is 0 Å². The van der Waals surface area contributed by atoms with Crippen molar-refractivity contribution >= 4 is 0 Å². The van der Waals surface area contributed by atoms with Gasteiger partial charge >= 0.3 is 0 Å². The van der Waals surface area contributed by atoms with Gasteiger partial charge in [-0.1, -0.05) is 0 Å². The lowest BCUT2D eigenvalue weighted by Gasteiger charge is -2.22. The molecule has 1 fully saturated rings. The van der Waals surface area contributed by atoms with Gasteiger partial charge in [0.2, 0.25) is 0 Å². The molecule has 1 saturated heterocycles. The van der Waals surface area contributed by atoms with Crippen molar-refractivity contribution in [2.24, 2.45) is 5.41 Å². The second kappa shape index (κ2) is 7.34. The Balaban J connectivity index is 0.000000336. The van der Waals surface area contributed by atoms with E-state index in [4.69, 9.17) is 25.8 Å². The van der Waals surface area contributed by atoms with Crippen molar-refractivity contribution in [3.05, 3.63) is 0 Å². The summed E-state index contributed by atoms with van der Waals surface area (Å²) in [5, 5.41) is 32.4. The Morgan fingerprint density at radius 2 is 1.40 bits per heavy atom. The molecule has 0 saturated carbocycles. The van der Waals surface area contributed by atoms with Crippen molar-refractivity contribution in [2.75, 3.05) is 13.2 Å². The highest BCUT2D eigenvalue weighted by molar-refractivity contribution is 5.14. The summed E-state index contributed by atoms with van der Waals surface area (Å²) < 4.78 is 5.03. The number of hydrogen-bond acceptors (Lipinski definition) is 5. The minimum Gasteiger partial charge on any atom is -0.381 e. The zero-order valence-corrected chi connectivity index (χ0v) is 8.23. The SMILES string of the molecule is N#CC1(C#N)CCOCC1.N#CCC#N. The summed E-state index contributed by atoms with van der Waals surface area (Å²) in [5.41, 5.74) is -0.752. The van der Waals surface area contributed by atoms with Gasteiger partial charge in [-0.05, 0) is 0 Å². The summed E-state index contributed by atoms with van der Waals surface area (Å²) in [6, 6.07) is 7.36. The van der Waals surface area contributed by atoms with Gasteiger partial charge in [0.25, 0.3) is 0 Å². The largest absolute Gasteiger partial charge is 0.381 e. The van der Waals surface area contributed by atoms with E-state index < -0.39 is 5.41 Å². The first-order valence-electron chi connectivity index (χ1n) is 4.39. The molecule has 0 N–H and O–H groups in total. The highest BCUT2D eigenvalue weighted by atomic mass is 16.5. The monoisotopic (exact) mass is 202 g/mol. The van der Waals surface area contributed by atoms with Crippen LogP contribution >= 0.6 is 0 Å². The van der Waals surface area contributed by atoms with Gasteiger partial charge in [-0.3, -0.25) is 0 Å².